The number of anilines is 1. The molecule has 0 saturated carbocycles. The maximum atomic E-state index is 12.2. The number of nitrogens with one attached hydrogen (secondary N) is 2. The molecule has 1 fully saturated rings. The lowest BCUT2D eigenvalue weighted by molar-refractivity contribution is 0.0492. The van der Waals surface area contributed by atoms with Crippen LogP contribution in [0, 0.1) is 0 Å². The number of rotatable bonds is 6. The number of piperidine rings is 1. The number of carbonyl (C=O) groups is 2. The molecular formula is C24H33N3O6. The summed E-state index contributed by atoms with van der Waals surface area (Å²) in [5.74, 6) is 0. The van der Waals surface area contributed by atoms with E-state index in [0.29, 0.717) is 24.4 Å². The van der Waals surface area contributed by atoms with Crippen LogP contribution in [0.25, 0.3) is 11.0 Å². The van der Waals surface area contributed by atoms with E-state index in [1.54, 1.807) is 19.1 Å². The van der Waals surface area contributed by atoms with E-state index in [1.807, 2.05) is 26.8 Å². The molecule has 9 heteroatoms. The monoisotopic (exact) mass is 459 g/mol. The zero-order valence-corrected chi connectivity index (χ0v) is 19.7. The second kappa shape index (κ2) is 10.7. The first kappa shape index (κ1) is 24.6. The number of alkyl carbamates (subject to hydrolysis) is 1. The van der Waals surface area contributed by atoms with Gasteiger partial charge < -0.3 is 19.2 Å². The first-order valence-corrected chi connectivity index (χ1v) is 11.4. The van der Waals surface area contributed by atoms with Gasteiger partial charge >= 0.3 is 17.8 Å². The molecular weight excluding hydrogens is 426 g/mol. The van der Waals surface area contributed by atoms with Crippen LogP contribution in [0.5, 0.6) is 0 Å². The Morgan fingerprint density at radius 1 is 1.18 bits per heavy atom. The van der Waals surface area contributed by atoms with Gasteiger partial charge in [-0.3, -0.25) is 10.2 Å². The van der Waals surface area contributed by atoms with Gasteiger partial charge in [0, 0.05) is 42.3 Å². The van der Waals surface area contributed by atoms with E-state index >= 15 is 0 Å². The number of ether oxygens (including phenoxy) is 2. The molecule has 1 aromatic carbocycles. The van der Waals surface area contributed by atoms with Crippen molar-refractivity contribution in [2.24, 2.45) is 0 Å². The van der Waals surface area contributed by atoms with Crippen molar-refractivity contribution in [3.05, 3.63) is 40.2 Å². The molecule has 1 atom stereocenters. The van der Waals surface area contributed by atoms with Crippen molar-refractivity contribution < 1.29 is 23.5 Å². The Kier molecular flexibility index (Phi) is 7.97. The first-order chi connectivity index (χ1) is 15.6. The number of fused-ring (bicyclic) bond motifs is 1. The van der Waals surface area contributed by atoms with E-state index in [2.05, 4.69) is 15.5 Å². The summed E-state index contributed by atoms with van der Waals surface area (Å²) in [5.41, 5.74) is 0.721. The largest absolute Gasteiger partial charge is 0.450 e. The third-order valence-electron chi connectivity index (χ3n) is 5.36. The van der Waals surface area contributed by atoms with Crippen LogP contribution >= 0.6 is 0 Å². The highest BCUT2D eigenvalue weighted by atomic mass is 16.6. The lowest BCUT2D eigenvalue weighted by Gasteiger charge is -2.36. The Balaban J connectivity index is 1.75. The Bertz CT molecular complexity index is 1040. The molecule has 0 bridgehead atoms. The number of likely N-dealkylation sites (tertiary alicyclic amines) is 1. The van der Waals surface area contributed by atoms with Crippen LogP contribution in [-0.4, -0.2) is 48.4 Å². The van der Waals surface area contributed by atoms with Crippen LogP contribution in [0.2, 0.25) is 0 Å². The molecule has 2 aromatic rings. The lowest BCUT2D eigenvalue weighted by atomic mass is 10.00. The summed E-state index contributed by atoms with van der Waals surface area (Å²) < 4.78 is 15.6. The molecule has 3 rings (SSSR count). The third kappa shape index (κ3) is 7.21. The fraction of sp³-hybridized carbons (Fsp3) is 0.542. The van der Waals surface area contributed by atoms with Gasteiger partial charge in [0.25, 0.3) is 0 Å². The molecule has 2 amide bonds. The summed E-state index contributed by atoms with van der Waals surface area (Å²) in [6.45, 7) is 9.37. The van der Waals surface area contributed by atoms with Crippen LogP contribution in [0.15, 0.2) is 33.5 Å². The highest BCUT2D eigenvalue weighted by molar-refractivity contribution is 5.90. The average molecular weight is 460 g/mol. The summed E-state index contributed by atoms with van der Waals surface area (Å²) in [6.07, 6.45) is 2.08. The maximum absolute atomic E-state index is 12.2. The highest BCUT2D eigenvalue weighted by Crippen LogP contribution is 2.25. The molecule has 0 aliphatic carbocycles. The minimum Gasteiger partial charge on any atom is -0.450 e. The highest BCUT2D eigenvalue weighted by Gasteiger charge is 2.25. The normalized spacial score (nSPS) is 16.9. The Morgan fingerprint density at radius 2 is 1.97 bits per heavy atom. The number of nitrogens with zero attached hydrogens (tertiary/aromatic N) is 1. The van der Waals surface area contributed by atoms with Crippen LogP contribution in [0.3, 0.4) is 0 Å². The van der Waals surface area contributed by atoms with E-state index in [1.165, 1.54) is 6.07 Å². The Labute approximate surface area is 193 Å². The molecule has 180 valence electrons. The van der Waals surface area contributed by atoms with Gasteiger partial charge in [-0.1, -0.05) is 6.42 Å². The zero-order valence-electron chi connectivity index (χ0n) is 19.7. The number of benzene rings is 1. The minimum atomic E-state index is -0.566. The van der Waals surface area contributed by atoms with Crippen molar-refractivity contribution in [1.82, 2.24) is 10.2 Å². The number of carbonyl (C=O) groups excluding carboxylic acids is 2. The summed E-state index contributed by atoms with van der Waals surface area (Å²) in [6, 6.07) is 6.84. The number of amides is 2. The van der Waals surface area contributed by atoms with E-state index in [9.17, 15) is 14.4 Å². The van der Waals surface area contributed by atoms with E-state index in [0.717, 1.165) is 36.8 Å². The quantitative estimate of drug-likeness (QED) is 0.622. The van der Waals surface area contributed by atoms with Crippen LogP contribution in [0.4, 0.5) is 15.3 Å². The molecule has 0 radical (unpaired) electrons. The summed E-state index contributed by atoms with van der Waals surface area (Å²) in [7, 11) is 0. The summed E-state index contributed by atoms with van der Waals surface area (Å²) in [5, 5.41) is 6.29. The smallest absolute Gasteiger partial charge is 0.411 e. The van der Waals surface area contributed by atoms with E-state index < -0.39 is 23.4 Å². The van der Waals surface area contributed by atoms with Crippen LogP contribution in [-0.2, 0) is 16.0 Å². The standard InChI is InChI=1S/C24H33N3O6/c1-5-31-23(30)26-17-9-10-19-16(12-21(28)32-20(19)13-17)15-27-11-7-6-8-18(27)14-25-22(29)33-24(2,3)4/h9-10,12-13,18H,5-8,11,14-15H2,1-4H3,(H,25,29)(H,26,30). The molecule has 1 saturated heterocycles. The molecule has 1 aromatic heterocycles. The Morgan fingerprint density at radius 3 is 2.70 bits per heavy atom. The summed E-state index contributed by atoms with van der Waals surface area (Å²) in [4.78, 5) is 38.3. The second-order valence-electron chi connectivity index (χ2n) is 9.15. The van der Waals surface area contributed by atoms with Gasteiger partial charge in [-0.15, -0.1) is 0 Å². The number of hydrogen-bond donors (Lipinski definition) is 2. The zero-order chi connectivity index (χ0) is 24.0. The minimum absolute atomic E-state index is 0.137. The molecule has 1 unspecified atom stereocenters. The third-order valence-corrected chi connectivity index (χ3v) is 5.36. The van der Waals surface area contributed by atoms with Crippen molar-refractivity contribution in [3.8, 4) is 0 Å². The molecule has 33 heavy (non-hydrogen) atoms. The molecule has 1 aliphatic rings. The number of hydrogen-bond acceptors (Lipinski definition) is 7. The molecule has 2 heterocycles. The topological polar surface area (TPSA) is 110 Å². The van der Waals surface area contributed by atoms with Gasteiger partial charge in [0.2, 0.25) is 0 Å². The van der Waals surface area contributed by atoms with Crippen LogP contribution in [0.1, 0.15) is 52.5 Å². The van der Waals surface area contributed by atoms with Crippen molar-refractivity contribution in [2.45, 2.75) is 65.1 Å². The lowest BCUT2D eigenvalue weighted by Crippen LogP contribution is -2.47. The average Bonchev–Trinajstić information content (AvgIpc) is 2.71. The van der Waals surface area contributed by atoms with Gasteiger partial charge in [-0.2, -0.15) is 0 Å². The van der Waals surface area contributed by atoms with E-state index in [-0.39, 0.29) is 12.6 Å². The fourth-order valence-corrected chi connectivity index (χ4v) is 3.96. The van der Waals surface area contributed by atoms with Crippen molar-refractivity contribution >= 4 is 28.8 Å². The van der Waals surface area contributed by atoms with E-state index in [4.69, 9.17) is 13.9 Å². The molecule has 2 N–H and O–H groups in total. The SMILES string of the molecule is CCOC(=O)Nc1ccc2c(CN3CCCCC3CNC(=O)OC(C)(C)C)cc(=O)oc2c1. The van der Waals surface area contributed by atoms with Gasteiger partial charge in [-0.05, 0) is 64.8 Å². The molecule has 1 aliphatic heterocycles. The Hall–Kier alpha value is -3.07. The molecule has 0 spiro atoms. The van der Waals surface area contributed by atoms with Gasteiger partial charge in [0.15, 0.2) is 0 Å². The van der Waals surface area contributed by atoms with Gasteiger partial charge in [0.05, 0.1) is 6.61 Å². The van der Waals surface area contributed by atoms with Crippen molar-refractivity contribution in [1.29, 1.82) is 0 Å². The van der Waals surface area contributed by atoms with Gasteiger partial charge in [-0.25, -0.2) is 14.4 Å². The summed E-state index contributed by atoms with van der Waals surface area (Å²) >= 11 is 0. The first-order valence-electron chi connectivity index (χ1n) is 11.4. The fourth-order valence-electron chi connectivity index (χ4n) is 3.96. The second-order valence-corrected chi connectivity index (χ2v) is 9.15. The molecule has 9 nitrogen and oxygen atoms in total. The van der Waals surface area contributed by atoms with Crippen LogP contribution < -0.4 is 16.3 Å². The predicted molar refractivity (Wildman–Crippen MR) is 125 cm³/mol. The maximum Gasteiger partial charge on any atom is 0.411 e. The van der Waals surface area contributed by atoms with Crippen molar-refractivity contribution in [3.63, 3.8) is 0 Å². The predicted octanol–water partition coefficient (Wildman–Crippen LogP) is 4.24. The van der Waals surface area contributed by atoms with Gasteiger partial charge in [0.1, 0.15) is 11.2 Å². The van der Waals surface area contributed by atoms with Crippen molar-refractivity contribution in [2.75, 3.05) is 25.0 Å².